The predicted molar refractivity (Wildman–Crippen MR) is 69.5 cm³/mol. The van der Waals surface area contributed by atoms with Crippen molar-refractivity contribution in [3.05, 3.63) is 31.2 Å². The van der Waals surface area contributed by atoms with Crippen molar-refractivity contribution >= 4 is 59.1 Å². The third-order valence-electron chi connectivity index (χ3n) is 1.54. The molecule has 1 aliphatic rings. The van der Waals surface area contributed by atoms with Gasteiger partial charge in [0.15, 0.2) is 0 Å². The van der Waals surface area contributed by atoms with Gasteiger partial charge < -0.3 is 0 Å². The molecule has 0 amide bonds. The summed E-state index contributed by atoms with van der Waals surface area (Å²) in [7, 11) is 0. The van der Waals surface area contributed by atoms with E-state index in [1.807, 2.05) is 12.3 Å². The first kappa shape index (κ1) is 8.59. The minimum absolute atomic E-state index is 0.00897. The summed E-state index contributed by atoms with van der Waals surface area (Å²) >= 11 is 2.27. The van der Waals surface area contributed by atoms with Gasteiger partial charge in [0.1, 0.15) is 3.70 Å². The number of hydrogen-bond donors (Lipinski definition) is 0. The van der Waals surface area contributed by atoms with Crippen molar-refractivity contribution in [2.75, 3.05) is 0 Å². The summed E-state index contributed by atoms with van der Waals surface area (Å²) in [6.45, 7) is 0. The van der Waals surface area contributed by atoms with Crippen molar-refractivity contribution < 1.29 is 0 Å². The Morgan fingerprint density at radius 3 is 3.33 bits per heavy atom. The Morgan fingerprint density at radius 2 is 2.42 bits per heavy atom. The lowest BCUT2D eigenvalue weighted by Gasteiger charge is -1.99. The van der Waals surface area contributed by atoms with Crippen LogP contribution in [0.15, 0.2) is 16.3 Å². The summed E-state index contributed by atoms with van der Waals surface area (Å²) in [6.07, 6.45) is 6.08. The van der Waals surface area contributed by atoms with Gasteiger partial charge in [-0.05, 0) is 71.2 Å². The van der Waals surface area contributed by atoms with Crippen molar-refractivity contribution in [2.45, 2.75) is 0 Å². The van der Waals surface area contributed by atoms with Crippen LogP contribution < -0.4 is 0 Å². The second-order valence-corrected chi connectivity index (χ2v) is 5.25. The second kappa shape index (κ2) is 3.81. The van der Waals surface area contributed by atoms with E-state index in [4.69, 9.17) is 0 Å². The standard InChI is InChI=1S/C9H5I2N/c10-9-8-2-5-11-4-1-7(8)3-6-12-9/h1-3,5-6H. The number of pyridine rings is 1. The molecule has 1 aliphatic heterocycles. The van der Waals surface area contributed by atoms with Gasteiger partial charge in [0.05, 0.1) is 0 Å². The smallest absolute Gasteiger partial charge is 0.109 e. The SMILES string of the molecule is Ic1nccc2c1C=CI=C=C2. The minimum atomic E-state index is 0.00897. The first-order valence-corrected chi connectivity index (χ1v) is 6.80. The van der Waals surface area contributed by atoms with Crippen LogP contribution in [0, 0.1) is 3.70 Å². The molecule has 2 heterocycles. The van der Waals surface area contributed by atoms with Gasteiger partial charge in [-0.1, -0.05) is 3.67 Å². The summed E-state index contributed by atoms with van der Waals surface area (Å²) in [5.74, 6) is 0. The molecule has 0 saturated carbocycles. The first-order valence-electron chi connectivity index (χ1n) is 3.40. The van der Waals surface area contributed by atoms with E-state index in [2.05, 4.69) is 47.5 Å². The largest absolute Gasteiger partial charge is 0.250 e. The van der Waals surface area contributed by atoms with Crippen LogP contribution in [0.25, 0.3) is 12.2 Å². The lowest BCUT2D eigenvalue weighted by Crippen LogP contribution is -1.88. The van der Waals surface area contributed by atoms with Crippen LogP contribution in [-0.4, -0.2) is 8.65 Å². The van der Waals surface area contributed by atoms with Crippen LogP contribution in [0.1, 0.15) is 11.1 Å². The molecule has 0 bridgehead atoms. The molecule has 0 aliphatic carbocycles. The molecule has 60 valence electrons. The highest BCUT2D eigenvalue weighted by molar-refractivity contribution is 14.2. The van der Waals surface area contributed by atoms with E-state index in [-0.39, 0.29) is 20.7 Å². The van der Waals surface area contributed by atoms with Gasteiger partial charge in [-0.2, -0.15) is 0 Å². The Labute approximate surface area is 94.5 Å². The average Bonchev–Trinajstić information content (AvgIpc) is 2.30. The maximum atomic E-state index is 4.23. The molecule has 0 fully saturated rings. The maximum Gasteiger partial charge on any atom is 0.109 e. The van der Waals surface area contributed by atoms with E-state index in [0.29, 0.717) is 0 Å². The summed E-state index contributed by atoms with van der Waals surface area (Å²) in [5, 5.41) is 0. The Kier molecular flexibility index (Phi) is 2.73. The van der Waals surface area contributed by atoms with Gasteiger partial charge in [0.25, 0.3) is 0 Å². The fraction of sp³-hybridized carbons (Fsp3) is 0. The molecule has 0 saturated heterocycles. The van der Waals surface area contributed by atoms with Gasteiger partial charge in [-0.25, -0.2) is 4.98 Å². The lowest BCUT2D eigenvalue weighted by atomic mass is 10.1. The zero-order valence-corrected chi connectivity index (χ0v) is 10.4. The van der Waals surface area contributed by atoms with Crippen LogP contribution in [0.2, 0.25) is 0 Å². The van der Waals surface area contributed by atoms with E-state index in [9.17, 15) is 0 Å². The predicted octanol–water partition coefficient (Wildman–Crippen LogP) is 3.06. The molecule has 3 heteroatoms. The molecular formula is C9H5I2N. The highest BCUT2D eigenvalue weighted by Gasteiger charge is 2.02. The molecule has 2 rings (SSSR count). The molecule has 0 spiro atoms. The van der Waals surface area contributed by atoms with Gasteiger partial charge in [-0.15, -0.1) is 0 Å². The third-order valence-corrected chi connectivity index (χ3v) is 3.79. The topological polar surface area (TPSA) is 12.9 Å². The van der Waals surface area contributed by atoms with Crippen LogP contribution in [0.4, 0.5) is 0 Å². The summed E-state index contributed by atoms with van der Waals surface area (Å²) in [5.41, 5.74) is 2.48. The molecular weight excluding hydrogens is 376 g/mol. The molecule has 0 radical (unpaired) electrons. The quantitative estimate of drug-likeness (QED) is 0.498. The fourth-order valence-corrected chi connectivity index (χ4v) is 2.89. The average molecular weight is 381 g/mol. The molecule has 12 heavy (non-hydrogen) atoms. The molecule has 0 aromatic carbocycles. The summed E-state index contributed by atoms with van der Waals surface area (Å²) in [6, 6.07) is 2.03. The normalized spacial score (nSPS) is 13.4. The van der Waals surface area contributed by atoms with Crippen LogP contribution in [0.5, 0.6) is 0 Å². The Bertz CT molecular complexity index is 401. The molecule has 1 aromatic rings. The van der Waals surface area contributed by atoms with Gasteiger partial charge in [0.2, 0.25) is 0 Å². The number of fused-ring (bicyclic) bond motifs is 1. The molecule has 1 aromatic heterocycles. The lowest BCUT2D eigenvalue weighted by molar-refractivity contribution is 1.25. The highest BCUT2D eigenvalue weighted by Crippen LogP contribution is 2.20. The number of nitrogens with zero attached hydrogens (tertiary/aromatic N) is 1. The monoisotopic (exact) mass is 381 g/mol. The maximum absolute atomic E-state index is 4.23. The third kappa shape index (κ3) is 1.67. The number of aromatic nitrogens is 1. The first-order chi connectivity index (χ1) is 5.88. The van der Waals surface area contributed by atoms with Gasteiger partial charge in [-0.3, -0.25) is 0 Å². The van der Waals surface area contributed by atoms with Crippen molar-refractivity contribution in [1.29, 1.82) is 0 Å². The highest BCUT2D eigenvalue weighted by atomic mass is 127. The van der Waals surface area contributed by atoms with Gasteiger partial charge >= 0.3 is 0 Å². The van der Waals surface area contributed by atoms with Crippen molar-refractivity contribution in [3.8, 4) is 0 Å². The van der Waals surface area contributed by atoms with Crippen LogP contribution >= 0.6 is 43.3 Å². The Hall–Kier alpha value is -0.0000000000000000833. The number of rotatable bonds is 0. The van der Waals surface area contributed by atoms with Crippen LogP contribution in [0.3, 0.4) is 0 Å². The van der Waals surface area contributed by atoms with Crippen molar-refractivity contribution in [1.82, 2.24) is 4.98 Å². The van der Waals surface area contributed by atoms with E-state index in [1.165, 1.54) is 11.1 Å². The fourth-order valence-electron chi connectivity index (χ4n) is 0.973. The zero-order chi connectivity index (χ0) is 8.39. The molecule has 1 nitrogen and oxygen atoms in total. The van der Waals surface area contributed by atoms with Gasteiger partial charge in [0, 0.05) is 11.8 Å². The Balaban J connectivity index is 2.72. The summed E-state index contributed by atoms with van der Waals surface area (Å²) in [4.78, 5) is 4.23. The van der Waals surface area contributed by atoms with Crippen molar-refractivity contribution in [2.24, 2.45) is 0 Å². The van der Waals surface area contributed by atoms with E-state index >= 15 is 0 Å². The zero-order valence-electron chi connectivity index (χ0n) is 6.09. The summed E-state index contributed by atoms with van der Waals surface area (Å²) < 4.78 is 6.59. The minimum Gasteiger partial charge on any atom is -0.250 e. The molecule has 0 unspecified atom stereocenters. The van der Waals surface area contributed by atoms with Crippen molar-refractivity contribution in [3.63, 3.8) is 0 Å². The second-order valence-electron chi connectivity index (χ2n) is 2.26. The van der Waals surface area contributed by atoms with E-state index < -0.39 is 0 Å². The van der Waals surface area contributed by atoms with E-state index in [0.717, 1.165) is 3.70 Å². The van der Waals surface area contributed by atoms with E-state index in [1.54, 1.807) is 0 Å². The number of halogens is 2. The Morgan fingerprint density at radius 1 is 1.50 bits per heavy atom. The molecule has 0 atom stereocenters. The molecule has 0 N–H and O–H groups in total. The van der Waals surface area contributed by atoms with Crippen LogP contribution in [-0.2, 0) is 0 Å². The number of hydrogen-bond acceptors (Lipinski definition) is 1.